The number of aromatic hydroxyl groups is 1. The molecule has 0 spiro atoms. The molecule has 3 N–H and O–H groups in total. The Bertz CT molecular complexity index is 954. The fourth-order valence-electron chi connectivity index (χ4n) is 3.62. The first-order valence-corrected chi connectivity index (χ1v) is 8.24. The number of amides is 1. The highest BCUT2D eigenvalue weighted by atomic mass is 16.4. The van der Waals surface area contributed by atoms with Gasteiger partial charge in [-0.3, -0.25) is 18.9 Å². The summed E-state index contributed by atoms with van der Waals surface area (Å²) in [6, 6.07) is -1.17. The van der Waals surface area contributed by atoms with Crippen molar-refractivity contribution in [2.45, 2.75) is 45.6 Å². The molecule has 0 radical (unpaired) electrons. The highest BCUT2D eigenvalue weighted by Crippen LogP contribution is 2.35. The maximum Gasteiger partial charge on any atom is 0.325 e. The van der Waals surface area contributed by atoms with Gasteiger partial charge in [0.15, 0.2) is 5.75 Å². The predicted molar refractivity (Wildman–Crippen MR) is 90.2 cm³/mol. The van der Waals surface area contributed by atoms with Crippen LogP contribution in [0.4, 0.5) is 0 Å². The zero-order chi connectivity index (χ0) is 18.5. The van der Waals surface area contributed by atoms with Crippen molar-refractivity contribution in [3.05, 3.63) is 32.7 Å². The van der Waals surface area contributed by atoms with Crippen LogP contribution in [0.1, 0.15) is 46.9 Å². The van der Waals surface area contributed by atoms with Crippen molar-refractivity contribution in [3.8, 4) is 5.75 Å². The van der Waals surface area contributed by atoms with Crippen LogP contribution in [0, 0.1) is 6.92 Å². The predicted octanol–water partition coefficient (Wildman–Crippen LogP) is 0.734. The van der Waals surface area contributed by atoms with Crippen LogP contribution in [0.2, 0.25) is 0 Å². The van der Waals surface area contributed by atoms with Crippen molar-refractivity contribution < 1.29 is 19.8 Å². The van der Waals surface area contributed by atoms with Crippen LogP contribution < -0.4 is 10.9 Å². The van der Waals surface area contributed by atoms with Crippen molar-refractivity contribution in [3.63, 3.8) is 0 Å². The molecule has 2 heterocycles. The number of aliphatic carboxylic acids is 1. The number of aryl methyl sites for hydroxylation is 3. The molecule has 3 rings (SSSR count). The number of carboxylic acids is 1. The first-order chi connectivity index (χ1) is 11.8. The molecular weight excluding hydrogens is 326 g/mol. The Balaban J connectivity index is 2.26. The third-order valence-electron chi connectivity index (χ3n) is 4.93. The number of rotatable bonds is 3. The van der Waals surface area contributed by atoms with E-state index in [1.54, 1.807) is 4.52 Å². The lowest BCUT2D eigenvalue weighted by atomic mass is 9.92. The summed E-state index contributed by atoms with van der Waals surface area (Å²) >= 11 is 0. The number of nitrogens with one attached hydrogen (secondary N) is 1. The largest absolute Gasteiger partial charge is 0.505 e. The summed E-state index contributed by atoms with van der Waals surface area (Å²) in [5.41, 5.74) is 2.31. The molecule has 1 aliphatic rings. The van der Waals surface area contributed by atoms with Crippen LogP contribution in [0.15, 0.2) is 4.79 Å². The highest BCUT2D eigenvalue weighted by molar-refractivity contribution is 6.00. The van der Waals surface area contributed by atoms with Crippen molar-refractivity contribution in [1.29, 1.82) is 0 Å². The van der Waals surface area contributed by atoms with E-state index in [0.717, 1.165) is 42.5 Å². The van der Waals surface area contributed by atoms with Gasteiger partial charge in [-0.2, -0.15) is 0 Å². The SMILES string of the molecule is Cc1c2c(c3c(O)c(C(=O)N[C@@H](C)C(=O)O)c(=O)n(C)n13)CCCC2. The van der Waals surface area contributed by atoms with E-state index in [1.165, 1.54) is 18.7 Å². The first-order valence-electron chi connectivity index (χ1n) is 8.24. The number of hydrogen-bond acceptors (Lipinski definition) is 4. The molecule has 134 valence electrons. The van der Waals surface area contributed by atoms with Gasteiger partial charge in [-0.1, -0.05) is 0 Å². The van der Waals surface area contributed by atoms with E-state index in [0.29, 0.717) is 5.52 Å². The first kappa shape index (κ1) is 17.1. The summed E-state index contributed by atoms with van der Waals surface area (Å²) in [6.07, 6.45) is 3.66. The molecule has 0 saturated heterocycles. The molecule has 0 saturated carbocycles. The lowest BCUT2D eigenvalue weighted by molar-refractivity contribution is -0.138. The lowest BCUT2D eigenvalue weighted by Crippen LogP contribution is -2.42. The molecule has 2 aromatic heterocycles. The van der Waals surface area contributed by atoms with Crippen LogP contribution in [0.5, 0.6) is 5.75 Å². The van der Waals surface area contributed by atoms with Crippen molar-refractivity contribution in [1.82, 2.24) is 14.5 Å². The number of fused-ring (bicyclic) bond motifs is 3. The molecule has 1 atom stereocenters. The quantitative estimate of drug-likeness (QED) is 0.758. The summed E-state index contributed by atoms with van der Waals surface area (Å²) in [6.45, 7) is 3.19. The fourth-order valence-corrected chi connectivity index (χ4v) is 3.62. The Kier molecular flexibility index (Phi) is 4.06. The molecule has 8 heteroatoms. The summed E-state index contributed by atoms with van der Waals surface area (Å²) in [5.74, 6) is -2.50. The molecular formula is C17H21N3O5. The van der Waals surface area contributed by atoms with Gasteiger partial charge in [-0.15, -0.1) is 0 Å². The smallest absolute Gasteiger partial charge is 0.325 e. The summed E-state index contributed by atoms with van der Waals surface area (Å²) in [7, 11) is 1.53. The number of carbonyl (C=O) groups excluding carboxylic acids is 1. The molecule has 0 aliphatic heterocycles. The number of carboxylic acid groups (broad SMARTS) is 1. The molecule has 25 heavy (non-hydrogen) atoms. The summed E-state index contributed by atoms with van der Waals surface area (Å²) < 4.78 is 2.94. The third-order valence-corrected chi connectivity index (χ3v) is 4.93. The van der Waals surface area contributed by atoms with Gasteiger partial charge in [0.25, 0.3) is 11.5 Å². The molecule has 0 unspecified atom stereocenters. The number of carbonyl (C=O) groups is 2. The van der Waals surface area contributed by atoms with Crippen LogP contribution >= 0.6 is 0 Å². The van der Waals surface area contributed by atoms with Crippen LogP contribution in [0.25, 0.3) is 5.52 Å². The topological polar surface area (TPSA) is 113 Å². The second-order valence-corrected chi connectivity index (χ2v) is 6.50. The van der Waals surface area contributed by atoms with Gasteiger partial charge in [0.1, 0.15) is 17.1 Å². The standard InChI is InChI=1S/C17H21N3O5/c1-8(17(24)25)18-15(22)12-14(21)13-11-7-5-4-6-10(11)9(2)20(13)19(3)16(12)23/h8,21H,4-7H2,1-3H3,(H,18,22)(H,24,25)/t8-/m0/s1. The zero-order valence-corrected chi connectivity index (χ0v) is 14.4. The van der Waals surface area contributed by atoms with E-state index in [9.17, 15) is 19.5 Å². The van der Waals surface area contributed by atoms with Gasteiger partial charge >= 0.3 is 5.97 Å². The molecule has 0 fully saturated rings. The molecule has 8 nitrogen and oxygen atoms in total. The highest BCUT2D eigenvalue weighted by Gasteiger charge is 2.29. The Morgan fingerprint density at radius 2 is 1.80 bits per heavy atom. The number of hydrogen-bond donors (Lipinski definition) is 3. The van der Waals surface area contributed by atoms with Gasteiger partial charge in [0.2, 0.25) is 0 Å². The second-order valence-electron chi connectivity index (χ2n) is 6.50. The van der Waals surface area contributed by atoms with E-state index in [1.807, 2.05) is 6.92 Å². The Morgan fingerprint density at radius 3 is 2.40 bits per heavy atom. The van der Waals surface area contributed by atoms with Crippen molar-refractivity contribution in [2.75, 3.05) is 0 Å². The van der Waals surface area contributed by atoms with Gasteiger partial charge in [0, 0.05) is 12.7 Å². The summed E-state index contributed by atoms with van der Waals surface area (Å²) in [5, 5.41) is 21.9. The number of nitrogens with zero attached hydrogens (tertiary/aromatic N) is 2. The minimum Gasteiger partial charge on any atom is -0.505 e. The van der Waals surface area contributed by atoms with Gasteiger partial charge < -0.3 is 15.5 Å². The lowest BCUT2D eigenvalue weighted by Gasteiger charge is -2.15. The van der Waals surface area contributed by atoms with Gasteiger partial charge in [-0.25, -0.2) is 4.68 Å². The minimum absolute atomic E-state index is 0.385. The van der Waals surface area contributed by atoms with Crippen molar-refractivity contribution in [2.24, 2.45) is 7.05 Å². The maximum absolute atomic E-state index is 12.6. The zero-order valence-electron chi connectivity index (χ0n) is 14.4. The fraction of sp³-hybridized carbons (Fsp3) is 0.471. The third kappa shape index (κ3) is 2.48. The average Bonchev–Trinajstić information content (AvgIpc) is 2.86. The second kappa shape index (κ2) is 5.94. The van der Waals surface area contributed by atoms with Crippen molar-refractivity contribution >= 4 is 17.4 Å². The van der Waals surface area contributed by atoms with E-state index in [-0.39, 0.29) is 5.75 Å². The molecule has 1 amide bonds. The normalized spacial score (nSPS) is 15.0. The van der Waals surface area contributed by atoms with Gasteiger partial charge in [-0.05, 0) is 50.7 Å². The summed E-state index contributed by atoms with van der Waals surface area (Å²) in [4.78, 5) is 36.0. The minimum atomic E-state index is -1.22. The average molecular weight is 347 g/mol. The van der Waals surface area contributed by atoms with Crippen LogP contribution in [0.3, 0.4) is 0 Å². The molecule has 0 bridgehead atoms. The number of aromatic nitrogens is 2. The molecule has 0 aromatic carbocycles. The van der Waals surface area contributed by atoms with Crippen LogP contribution in [-0.2, 0) is 24.7 Å². The van der Waals surface area contributed by atoms with E-state index in [2.05, 4.69) is 5.32 Å². The van der Waals surface area contributed by atoms with Gasteiger partial charge in [0.05, 0.1) is 0 Å². The van der Waals surface area contributed by atoms with E-state index < -0.39 is 29.0 Å². The maximum atomic E-state index is 12.6. The van der Waals surface area contributed by atoms with E-state index in [4.69, 9.17) is 5.11 Å². The Hall–Kier alpha value is -2.77. The molecule has 1 aliphatic carbocycles. The monoisotopic (exact) mass is 347 g/mol. The van der Waals surface area contributed by atoms with Crippen LogP contribution in [-0.4, -0.2) is 37.3 Å². The Labute approximate surface area is 143 Å². The van der Waals surface area contributed by atoms with E-state index >= 15 is 0 Å². The Morgan fingerprint density at radius 1 is 1.20 bits per heavy atom. The molecule has 2 aromatic rings.